The molecule has 0 unspecified atom stereocenters. The molecule has 0 aromatic heterocycles. The Morgan fingerprint density at radius 3 is 2.35 bits per heavy atom. The van der Waals surface area contributed by atoms with E-state index in [9.17, 15) is 23.5 Å². The number of rotatable bonds is 6. The van der Waals surface area contributed by atoms with E-state index in [0.29, 0.717) is 18.4 Å². The summed E-state index contributed by atoms with van der Waals surface area (Å²) in [5, 5.41) is 12.0. The second-order valence-electron chi connectivity index (χ2n) is 6.80. The summed E-state index contributed by atoms with van der Waals surface area (Å²) in [7, 11) is 0. The third-order valence-electron chi connectivity index (χ3n) is 5.24. The Bertz CT molecular complexity index is 651. The van der Waals surface area contributed by atoms with Gasteiger partial charge in [-0.05, 0) is 37.3 Å². The van der Waals surface area contributed by atoms with Crippen LogP contribution in [0.4, 0.5) is 8.78 Å². The summed E-state index contributed by atoms with van der Waals surface area (Å²) in [6, 6.07) is 3.49. The van der Waals surface area contributed by atoms with Gasteiger partial charge in [-0.2, -0.15) is 0 Å². The van der Waals surface area contributed by atoms with Gasteiger partial charge >= 0.3 is 5.97 Å². The van der Waals surface area contributed by atoms with Crippen molar-refractivity contribution >= 4 is 11.9 Å². The zero-order valence-corrected chi connectivity index (χ0v) is 12.7. The first-order chi connectivity index (χ1) is 10.9. The Kier molecular flexibility index (Phi) is 3.86. The highest BCUT2D eigenvalue weighted by molar-refractivity contribution is 5.85. The van der Waals surface area contributed by atoms with Gasteiger partial charge in [0.1, 0.15) is 11.6 Å². The SMILES string of the molecule is O=C(CC1(C(=O)O)CCC1)NCC1(c2ccc(F)cc2F)CC1. The van der Waals surface area contributed by atoms with Crippen molar-refractivity contribution in [2.24, 2.45) is 5.41 Å². The van der Waals surface area contributed by atoms with E-state index in [1.807, 2.05) is 0 Å². The average molecular weight is 323 g/mol. The molecular weight excluding hydrogens is 304 g/mol. The van der Waals surface area contributed by atoms with Crippen molar-refractivity contribution in [3.63, 3.8) is 0 Å². The van der Waals surface area contributed by atoms with Gasteiger partial charge in [0.05, 0.1) is 5.41 Å². The molecule has 2 aliphatic rings. The Morgan fingerprint density at radius 1 is 1.17 bits per heavy atom. The summed E-state index contributed by atoms with van der Waals surface area (Å²) in [5.41, 5.74) is -0.999. The number of carbonyl (C=O) groups is 2. The lowest BCUT2D eigenvalue weighted by Crippen LogP contribution is -2.43. The van der Waals surface area contributed by atoms with Gasteiger partial charge in [-0.1, -0.05) is 12.5 Å². The van der Waals surface area contributed by atoms with Gasteiger partial charge in [0.25, 0.3) is 0 Å². The van der Waals surface area contributed by atoms with E-state index in [4.69, 9.17) is 0 Å². The maximum absolute atomic E-state index is 13.9. The van der Waals surface area contributed by atoms with Crippen molar-refractivity contribution < 1.29 is 23.5 Å². The molecular formula is C17H19F2NO3. The predicted molar refractivity (Wildman–Crippen MR) is 78.8 cm³/mol. The minimum absolute atomic E-state index is 0.0374. The van der Waals surface area contributed by atoms with Crippen LogP contribution in [0.15, 0.2) is 18.2 Å². The highest BCUT2D eigenvalue weighted by atomic mass is 19.1. The molecule has 2 N–H and O–H groups in total. The second kappa shape index (κ2) is 5.58. The second-order valence-corrected chi connectivity index (χ2v) is 6.80. The van der Waals surface area contributed by atoms with Gasteiger partial charge in [0.15, 0.2) is 0 Å². The van der Waals surface area contributed by atoms with Crippen molar-refractivity contribution in [1.29, 1.82) is 0 Å². The first kappa shape index (κ1) is 15.9. The molecule has 0 saturated heterocycles. The maximum Gasteiger partial charge on any atom is 0.310 e. The highest BCUT2D eigenvalue weighted by Gasteiger charge is 2.48. The molecule has 124 valence electrons. The summed E-state index contributed by atoms with van der Waals surface area (Å²) < 4.78 is 26.9. The molecule has 2 aliphatic carbocycles. The summed E-state index contributed by atoms with van der Waals surface area (Å²) in [5.74, 6) is -2.47. The number of hydrogen-bond donors (Lipinski definition) is 2. The number of hydrogen-bond acceptors (Lipinski definition) is 2. The minimum atomic E-state index is -0.929. The number of halogens is 2. The van der Waals surface area contributed by atoms with Gasteiger partial charge < -0.3 is 10.4 Å². The van der Waals surface area contributed by atoms with Crippen LogP contribution >= 0.6 is 0 Å². The normalized spacial score (nSPS) is 20.4. The van der Waals surface area contributed by atoms with Gasteiger partial charge in [-0.3, -0.25) is 9.59 Å². The zero-order chi connectivity index (χ0) is 16.7. The van der Waals surface area contributed by atoms with Crippen LogP contribution < -0.4 is 5.32 Å². The Balaban J connectivity index is 1.61. The topological polar surface area (TPSA) is 66.4 Å². The number of amides is 1. The van der Waals surface area contributed by atoms with Crippen molar-refractivity contribution in [2.75, 3.05) is 6.54 Å². The van der Waals surface area contributed by atoms with E-state index in [1.165, 1.54) is 12.1 Å². The fourth-order valence-corrected chi connectivity index (χ4v) is 3.32. The first-order valence-corrected chi connectivity index (χ1v) is 7.83. The van der Waals surface area contributed by atoms with Crippen LogP contribution in [-0.2, 0) is 15.0 Å². The smallest absolute Gasteiger partial charge is 0.310 e. The average Bonchev–Trinajstić information content (AvgIpc) is 3.21. The lowest BCUT2D eigenvalue weighted by Gasteiger charge is -2.37. The minimum Gasteiger partial charge on any atom is -0.481 e. The fraction of sp³-hybridized carbons (Fsp3) is 0.529. The monoisotopic (exact) mass is 323 g/mol. The van der Waals surface area contributed by atoms with Gasteiger partial charge in [0.2, 0.25) is 5.91 Å². The highest BCUT2D eigenvalue weighted by Crippen LogP contribution is 2.49. The van der Waals surface area contributed by atoms with Gasteiger partial charge in [-0.25, -0.2) is 8.78 Å². The van der Waals surface area contributed by atoms with Crippen LogP contribution in [0.5, 0.6) is 0 Å². The van der Waals surface area contributed by atoms with Crippen molar-refractivity contribution in [3.8, 4) is 0 Å². The van der Waals surface area contributed by atoms with E-state index >= 15 is 0 Å². The molecule has 1 amide bonds. The molecule has 0 radical (unpaired) electrons. The molecule has 0 spiro atoms. The zero-order valence-electron chi connectivity index (χ0n) is 12.7. The lowest BCUT2D eigenvalue weighted by atomic mass is 9.66. The molecule has 0 atom stereocenters. The standard InChI is InChI=1S/C17H19F2NO3/c18-11-2-3-12(13(19)8-11)17(6-7-17)10-20-14(21)9-16(15(22)23)4-1-5-16/h2-3,8H,1,4-7,9-10H2,(H,20,21)(H,22,23). The number of carboxylic acid groups (broad SMARTS) is 1. The molecule has 0 heterocycles. The van der Waals surface area contributed by atoms with E-state index in [2.05, 4.69) is 5.32 Å². The van der Waals surface area contributed by atoms with Crippen LogP contribution in [0.25, 0.3) is 0 Å². The summed E-state index contributed by atoms with van der Waals surface area (Å²) in [6.07, 6.45) is 3.27. The summed E-state index contributed by atoms with van der Waals surface area (Å²) in [4.78, 5) is 23.4. The molecule has 1 aromatic carbocycles. The number of nitrogens with one attached hydrogen (secondary N) is 1. The Hall–Kier alpha value is -1.98. The lowest BCUT2D eigenvalue weighted by molar-refractivity contribution is -0.157. The molecule has 23 heavy (non-hydrogen) atoms. The molecule has 0 bridgehead atoms. The van der Waals surface area contributed by atoms with Crippen LogP contribution in [0.2, 0.25) is 0 Å². The van der Waals surface area contributed by atoms with Gasteiger partial charge in [0, 0.05) is 24.4 Å². The van der Waals surface area contributed by atoms with Gasteiger partial charge in [-0.15, -0.1) is 0 Å². The molecule has 4 nitrogen and oxygen atoms in total. The molecule has 0 aliphatic heterocycles. The number of carboxylic acids is 1. The molecule has 1 aromatic rings. The molecule has 3 rings (SSSR count). The maximum atomic E-state index is 13.9. The quantitative estimate of drug-likeness (QED) is 0.846. The third-order valence-corrected chi connectivity index (χ3v) is 5.24. The molecule has 2 saturated carbocycles. The largest absolute Gasteiger partial charge is 0.481 e. The van der Waals surface area contributed by atoms with Crippen molar-refractivity contribution in [1.82, 2.24) is 5.32 Å². The number of benzene rings is 1. The Morgan fingerprint density at radius 2 is 1.87 bits per heavy atom. The summed E-state index contributed by atoms with van der Waals surface area (Å²) >= 11 is 0. The first-order valence-electron chi connectivity index (χ1n) is 7.83. The van der Waals surface area contributed by atoms with E-state index in [-0.39, 0.29) is 18.9 Å². The van der Waals surface area contributed by atoms with Crippen molar-refractivity contribution in [2.45, 2.75) is 43.9 Å². The van der Waals surface area contributed by atoms with Crippen LogP contribution in [-0.4, -0.2) is 23.5 Å². The Labute approximate surface area is 132 Å². The van der Waals surface area contributed by atoms with Crippen molar-refractivity contribution in [3.05, 3.63) is 35.4 Å². The summed E-state index contributed by atoms with van der Waals surface area (Å²) in [6.45, 7) is 0.254. The van der Waals surface area contributed by atoms with Crippen LogP contribution in [0, 0.1) is 17.0 Å². The van der Waals surface area contributed by atoms with Crippen LogP contribution in [0.1, 0.15) is 44.1 Å². The third kappa shape index (κ3) is 2.94. The van der Waals surface area contributed by atoms with Crippen LogP contribution in [0.3, 0.4) is 0 Å². The number of aliphatic carboxylic acids is 1. The van der Waals surface area contributed by atoms with E-state index < -0.39 is 28.4 Å². The van der Waals surface area contributed by atoms with E-state index in [1.54, 1.807) is 0 Å². The fourth-order valence-electron chi connectivity index (χ4n) is 3.32. The number of carbonyl (C=O) groups excluding carboxylic acids is 1. The predicted octanol–water partition coefficient (Wildman–Crippen LogP) is 2.76. The molecule has 2 fully saturated rings. The molecule has 6 heteroatoms. The van der Waals surface area contributed by atoms with E-state index in [0.717, 1.165) is 25.3 Å².